The number of carbonyl (C=O) groups is 1. The predicted molar refractivity (Wildman–Crippen MR) is 125 cm³/mol. The largest absolute Gasteiger partial charge is 0.336 e. The number of para-hydroxylation sites is 1. The van der Waals surface area contributed by atoms with E-state index in [2.05, 4.69) is 12.2 Å². The third-order valence-corrected chi connectivity index (χ3v) is 6.10. The summed E-state index contributed by atoms with van der Waals surface area (Å²) in [5, 5.41) is 4.45. The Labute approximate surface area is 187 Å². The van der Waals surface area contributed by atoms with Crippen LogP contribution < -0.4 is 16.6 Å². The van der Waals surface area contributed by atoms with Crippen molar-refractivity contribution in [1.82, 2.24) is 9.13 Å². The lowest BCUT2D eigenvalue weighted by Crippen LogP contribution is -2.40. The van der Waals surface area contributed by atoms with Crippen molar-refractivity contribution in [2.24, 2.45) is 0 Å². The third-order valence-electron chi connectivity index (χ3n) is 5.21. The van der Waals surface area contributed by atoms with Crippen molar-refractivity contribution in [3.8, 4) is 5.69 Å². The molecule has 1 N–H and O–H groups in total. The monoisotopic (exact) mass is 451 g/mol. The second kappa shape index (κ2) is 9.32. The van der Waals surface area contributed by atoms with E-state index in [9.17, 15) is 18.8 Å². The van der Waals surface area contributed by atoms with E-state index in [1.165, 1.54) is 28.3 Å². The van der Waals surface area contributed by atoms with Gasteiger partial charge < -0.3 is 5.32 Å². The number of halogens is 1. The van der Waals surface area contributed by atoms with Crippen molar-refractivity contribution in [3.05, 3.63) is 92.2 Å². The minimum absolute atomic E-state index is 0.144. The van der Waals surface area contributed by atoms with Crippen LogP contribution >= 0.6 is 11.3 Å². The van der Waals surface area contributed by atoms with Gasteiger partial charge in [0.05, 0.1) is 11.2 Å². The van der Waals surface area contributed by atoms with Crippen molar-refractivity contribution < 1.29 is 9.18 Å². The molecule has 0 aliphatic heterocycles. The fraction of sp³-hybridized carbons (Fsp3) is 0.208. The lowest BCUT2D eigenvalue weighted by atomic mass is 10.1. The van der Waals surface area contributed by atoms with Crippen LogP contribution in [-0.4, -0.2) is 15.0 Å². The van der Waals surface area contributed by atoms with Crippen LogP contribution in [0.2, 0.25) is 0 Å². The molecule has 2 aromatic carbocycles. The van der Waals surface area contributed by atoms with E-state index < -0.39 is 23.0 Å². The summed E-state index contributed by atoms with van der Waals surface area (Å²) in [7, 11) is 0. The summed E-state index contributed by atoms with van der Waals surface area (Å²) in [6.07, 6.45) is 3.19. The Morgan fingerprint density at radius 1 is 1.06 bits per heavy atom. The maximum absolute atomic E-state index is 14.4. The number of thiophene rings is 1. The molecule has 0 bridgehead atoms. The fourth-order valence-corrected chi connectivity index (χ4v) is 4.39. The average Bonchev–Trinajstić information content (AvgIpc) is 3.28. The van der Waals surface area contributed by atoms with Crippen LogP contribution in [0.25, 0.3) is 15.9 Å². The van der Waals surface area contributed by atoms with Crippen LogP contribution in [0.1, 0.15) is 25.3 Å². The van der Waals surface area contributed by atoms with Crippen molar-refractivity contribution in [2.45, 2.75) is 32.7 Å². The number of amides is 1. The summed E-state index contributed by atoms with van der Waals surface area (Å²) in [4.78, 5) is 38.8. The molecule has 32 heavy (non-hydrogen) atoms. The number of unbranched alkanes of at least 4 members (excludes halogenated alkanes) is 1. The molecule has 4 rings (SSSR count). The molecule has 0 aliphatic rings. The second-order valence-corrected chi connectivity index (χ2v) is 8.36. The van der Waals surface area contributed by atoms with Gasteiger partial charge in [-0.2, -0.15) is 0 Å². The van der Waals surface area contributed by atoms with Gasteiger partial charge in [-0.25, -0.2) is 13.8 Å². The van der Waals surface area contributed by atoms with Crippen molar-refractivity contribution in [3.63, 3.8) is 0 Å². The second-order valence-electron chi connectivity index (χ2n) is 7.44. The number of nitrogens with one attached hydrogen (secondary N) is 1. The first-order chi connectivity index (χ1) is 15.5. The quantitative estimate of drug-likeness (QED) is 0.454. The molecule has 0 fully saturated rings. The molecule has 2 aromatic heterocycles. The van der Waals surface area contributed by atoms with E-state index in [1.54, 1.807) is 17.5 Å². The zero-order valence-corrected chi connectivity index (χ0v) is 18.3. The van der Waals surface area contributed by atoms with Crippen LogP contribution in [0.4, 0.5) is 10.1 Å². The zero-order chi connectivity index (χ0) is 22.7. The maximum Gasteiger partial charge on any atom is 0.336 e. The van der Waals surface area contributed by atoms with Gasteiger partial charge in [0, 0.05) is 5.69 Å². The zero-order valence-electron chi connectivity index (χ0n) is 17.5. The number of benzene rings is 2. The summed E-state index contributed by atoms with van der Waals surface area (Å²) >= 11 is 1.14. The Morgan fingerprint density at radius 3 is 2.53 bits per heavy atom. The lowest BCUT2D eigenvalue weighted by Gasteiger charge is -2.13. The number of nitrogens with zero attached hydrogens (tertiary/aromatic N) is 2. The molecule has 164 valence electrons. The van der Waals surface area contributed by atoms with Gasteiger partial charge in [-0.3, -0.25) is 14.2 Å². The number of aromatic nitrogens is 2. The minimum atomic E-state index is -0.768. The molecule has 1 amide bonds. The van der Waals surface area contributed by atoms with Gasteiger partial charge in [0.15, 0.2) is 0 Å². The van der Waals surface area contributed by atoms with Gasteiger partial charge in [0.1, 0.15) is 17.1 Å². The van der Waals surface area contributed by atoms with E-state index in [4.69, 9.17) is 0 Å². The summed E-state index contributed by atoms with van der Waals surface area (Å²) in [6.45, 7) is 1.83. The van der Waals surface area contributed by atoms with Gasteiger partial charge in [-0.05, 0) is 54.1 Å². The topological polar surface area (TPSA) is 73.1 Å². The van der Waals surface area contributed by atoms with Gasteiger partial charge >= 0.3 is 5.69 Å². The molecule has 6 nitrogen and oxygen atoms in total. The van der Waals surface area contributed by atoms with Crippen molar-refractivity contribution in [2.75, 3.05) is 5.32 Å². The molecule has 0 radical (unpaired) electrons. The molecule has 0 spiro atoms. The number of hydrogen-bond acceptors (Lipinski definition) is 4. The molecule has 0 atom stereocenters. The third kappa shape index (κ3) is 4.27. The van der Waals surface area contributed by atoms with Gasteiger partial charge in [0.2, 0.25) is 5.91 Å². The first kappa shape index (κ1) is 21.7. The number of rotatable bonds is 7. The summed E-state index contributed by atoms with van der Waals surface area (Å²) in [6, 6.07) is 14.8. The van der Waals surface area contributed by atoms with E-state index in [1.807, 2.05) is 24.3 Å². The Balaban J connectivity index is 1.67. The van der Waals surface area contributed by atoms with E-state index in [-0.39, 0.29) is 16.9 Å². The van der Waals surface area contributed by atoms with Crippen LogP contribution in [0.5, 0.6) is 0 Å². The molecule has 0 saturated heterocycles. The van der Waals surface area contributed by atoms with Crippen LogP contribution in [0.15, 0.2) is 69.6 Å². The van der Waals surface area contributed by atoms with Gasteiger partial charge in [0.25, 0.3) is 5.56 Å². The molecule has 0 saturated carbocycles. The number of aryl methyl sites for hydroxylation is 1. The number of carbonyl (C=O) groups excluding carboxylic acids is 1. The number of hydrogen-bond donors (Lipinski definition) is 1. The van der Waals surface area contributed by atoms with Crippen LogP contribution in [0, 0.1) is 5.82 Å². The summed E-state index contributed by atoms with van der Waals surface area (Å²) in [5.41, 5.74) is 0.642. The fourth-order valence-electron chi connectivity index (χ4n) is 3.57. The van der Waals surface area contributed by atoms with Gasteiger partial charge in [-0.1, -0.05) is 37.6 Å². The Morgan fingerprint density at radius 2 is 1.81 bits per heavy atom. The molecular formula is C24H22FN3O3S. The molecule has 0 unspecified atom stereocenters. The Kier molecular flexibility index (Phi) is 6.32. The van der Waals surface area contributed by atoms with E-state index in [0.717, 1.165) is 35.2 Å². The predicted octanol–water partition coefficient (Wildman–Crippen LogP) is 4.33. The highest BCUT2D eigenvalue weighted by Crippen LogP contribution is 2.18. The molecule has 4 aromatic rings. The van der Waals surface area contributed by atoms with Crippen LogP contribution in [0.3, 0.4) is 0 Å². The smallest absolute Gasteiger partial charge is 0.325 e. The highest BCUT2D eigenvalue weighted by molar-refractivity contribution is 7.17. The summed E-state index contributed by atoms with van der Waals surface area (Å²) in [5.74, 6) is -1.11. The lowest BCUT2D eigenvalue weighted by molar-refractivity contribution is -0.116. The normalized spacial score (nSPS) is 11.1. The molecular weight excluding hydrogens is 429 g/mol. The maximum atomic E-state index is 14.4. The molecule has 8 heteroatoms. The first-order valence-electron chi connectivity index (χ1n) is 10.4. The van der Waals surface area contributed by atoms with E-state index in [0.29, 0.717) is 11.2 Å². The SMILES string of the molecule is CCCCc1ccc(NC(=O)Cn2c(=O)n(-c3ccccc3F)c(=O)c3sccc32)cc1. The minimum Gasteiger partial charge on any atom is -0.325 e. The first-order valence-corrected chi connectivity index (χ1v) is 11.2. The Hall–Kier alpha value is -3.52. The highest BCUT2D eigenvalue weighted by atomic mass is 32.1. The van der Waals surface area contributed by atoms with E-state index >= 15 is 0 Å². The van der Waals surface area contributed by atoms with Crippen molar-refractivity contribution in [1.29, 1.82) is 0 Å². The molecule has 2 heterocycles. The highest BCUT2D eigenvalue weighted by Gasteiger charge is 2.19. The standard InChI is InChI=1S/C24H22FN3O3S/c1-2-3-6-16-9-11-17(12-10-16)26-21(29)15-27-20-13-14-32-22(20)23(30)28(24(27)31)19-8-5-4-7-18(19)25/h4-5,7-14H,2-3,6,15H2,1H3,(H,26,29). The average molecular weight is 452 g/mol. The number of anilines is 1. The summed E-state index contributed by atoms with van der Waals surface area (Å²) < 4.78 is 16.6. The number of fused-ring (bicyclic) bond motifs is 1. The molecule has 0 aliphatic carbocycles. The van der Waals surface area contributed by atoms with Gasteiger partial charge in [-0.15, -0.1) is 11.3 Å². The van der Waals surface area contributed by atoms with Crippen molar-refractivity contribution >= 4 is 33.1 Å². The Bertz CT molecular complexity index is 1390. The van der Waals surface area contributed by atoms with Crippen LogP contribution in [-0.2, 0) is 17.8 Å².